The second-order valence-electron chi connectivity index (χ2n) is 4.97. The van der Waals surface area contributed by atoms with Crippen molar-refractivity contribution in [1.29, 1.82) is 0 Å². The summed E-state index contributed by atoms with van der Waals surface area (Å²) in [5.74, 6) is -0.386. The number of hydrogen-bond donors (Lipinski definition) is 1. The maximum atomic E-state index is 13.6. The highest BCUT2D eigenvalue weighted by molar-refractivity contribution is 9.09. The molecule has 108 valence electrons. The highest BCUT2D eigenvalue weighted by Crippen LogP contribution is 2.38. The van der Waals surface area contributed by atoms with Crippen molar-refractivity contribution in [1.82, 2.24) is 0 Å². The van der Waals surface area contributed by atoms with Gasteiger partial charge in [0.2, 0.25) is 5.91 Å². The van der Waals surface area contributed by atoms with Gasteiger partial charge in [0.05, 0.1) is 9.85 Å². The molecular weight excluding hydrogens is 357 g/mol. The van der Waals surface area contributed by atoms with Crippen LogP contribution in [0, 0.1) is 5.82 Å². The number of alkyl halides is 1. The Labute approximate surface area is 135 Å². The molecule has 5 heteroatoms. The molecule has 1 aliphatic heterocycles. The normalized spacial score (nSPS) is 15.3. The number of aryl methyl sites for hydroxylation is 1. The molecule has 0 radical (unpaired) electrons. The Morgan fingerprint density at radius 3 is 2.86 bits per heavy atom. The molecule has 3 rings (SSSR count). The van der Waals surface area contributed by atoms with Gasteiger partial charge in [0.1, 0.15) is 5.82 Å². The molecule has 2 nitrogen and oxygen atoms in total. The minimum Gasteiger partial charge on any atom is -0.326 e. The number of anilines is 1. The monoisotopic (exact) mass is 367 g/mol. The molecule has 0 aromatic heterocycles. The molecule has 21 heavy (non-hydrogen) atoms. The molecule has 1 amide bonds. The number of halogens is 3. The third-order valence-corrected chi connectivity index (χ3v) is 4.99. The van der Waals surface area contributed by atoms with Gasteiger partial charge in [-0.1, -0.05) is 51.8 Å². The number of amides is 1. The molecule has 1 unspecified atom stereocenters. The van der Waals surface area contributed by atoms with Gasteiger partial charge in [-0.25, -0.2) is 4.39 Å². The van der Waals surface area contributed by atoms with Gasteiger partial charge in [-0.3, -0.25) is 4.79 Å². The zero-order valence-electron chi connectivity index (χ0n) is 11.0. The Balaban J connectivity index is 1.97. The van der Waals surface area contributed by atoms with E-state index in [1.807, 2.05) is 18.2 Å². The molecule has 1 N–H and O–H groups in total. The first kappa shape index (κ1) is 14.5. The van der Waals surface area contributed by atoms with Crippen LogP contribution in [0.4, 0.5) is 10.1 Å². The van der Waals surface area contributed by atoms with E-state index in [9.17, 15) is 9.18 Å². The van der Waals surface area contributed by atoms with Crippen LogP contribution in [0.2, 0.25) is 5.02 Å². The van der Waals surface area contributed by atoms with Crippen molar-refractivity contribution in [2.45, 2.75) is 17.7 Å². The first-order valence-corrected chi connectivity index (χ1v) is 7.86. The van der Waals surface area contributed by atoms with Crippen LogP contribution in [0.5, 0.6) is 0 Å². The van der Waals surface area contributed by atoms with Crippen molar-refractivity contribution in [2.24, 2.45) is 0 Å². The molecule has 1 aliphatic rings. The number of benzene rings is 2. The van der Waals surface area contributed by atoms with Crippen LogP contribution in [-0.2, 0) is 11.2 Å². The van der Waals surface area contributed by atoms with Crippen LogP contribution < -0.4 is 5.32 Å². The van der Waals surface area contributed by atoms with Gasteiger partial charge in [0.15, 0.2) is 0 Å². The van der Waals surface area contributed by atoms with Crippen LogP contribution in [0.3, 0.4) is 0 Å². The van der Waals surface area contributed by atoms with E-state index in [4.69, 9.17) is 11.6 Å². The maximum absolute atomic E-state index is 13.6. The van der Waals surface area contributed by atoms with E-state index in [2.05, 4.69) is 21.2 Å². The standard InChI is InChI=1S/C16H12BrClFNO/c17-15(11-2-1-3-12(19)16(11)18)10-4-6-13-9(8-10)5-7-14(21)20-13/h1-4,6,8,15H,5,7H2,(H,20,21). The Kier molecular flexibility index (Phi) is 4.00. The molecule has 1 atom stereocenters. The lowest BCUT2D eigenvalue weighted by molar-refractivity contribution is -0.116. The SMILES string of the molecule is O=C1CCc2cc(C(Br)c3cccc(F)c3Cl)ccc2N1. The van der Waals surface area contributed by atoms with E-state index in [1.165, 1.54) is 6.07 Å². The van der Waals surface area contributed by atoms with Gasteiger partial charge in [-0.2, -0.15) is 0 Å². The van der Waals surface area contributed by atoms with E-state index in [0.717, 1.165) is 16.8 Å². The summed E-state index contributed by atoms with van der Waals surface area (Å²) in [5, 5.41) is 2.98. The third-order valence-electron chi connectivity index (χ3n) is 3.57. The summed E-state index contributed by atoms with van der Waals surface area (Å²) >= 11 is 9.62. The van der Waals surface area contributed by atoms with Crippen LogP contribution in [0.25, 0.3) is 0 Å². The summed E-state index contributed by atoms with van der Waals surface area (Å²) in [5.41, 5.74) is 3.61. The number of nitrogens with one attached hydrogen (secondary N) is 1. The molecule has 2 aromatic carbocycles. The largest absolute Gasteiger partial charge is 0.326 e. The van der Waals surface area contributed by atoms with E-state index in [1.54, 1.807) is 12.1 Å². The smallest absolute Gasteiger partial charge is 0.224 e. The Hall–Kier alpha value is -1.39. The second-order valence-corrected chi connectivity index (χ2v) is 6.26. The first-order chi connectivity index (χ1) is 10.1. The summed E-state index contributed by atoms with van der Waals surface area (Å²) in [6, 6.07) is 10.6. The number of hydrogen-bond acceptors (Lipinski definition) is 1. The number of carbonyl (C=O) groups excluding carboxylic acids is 1. The van der Waals surface area contributed by atoms with Crippen LogP contribution in [0.15, 0.2) is 36.4 Å². The fourth-order valence-electron chi connectivity index (χ4n) is 2.46. The Bertz CT molecular complexity index is 719. The lowest BCUT2D eigenvalue weighted by atomic mass is 9.97. The second kappa shape index (κ2) is 5.78. The van der Waals surface area contributed by atoms with Crippen molar-refractivity contribution < 1.29 is 9.18 Å². The number of carbonyl (C=O) groups is 1. The average molecular weight is 369 g/mol. The molecular formula is C16H12BrClFNO. The molecule has 0 aliphatic carbocycles. The van der Waals surface area contributed by atoms with Gasteiger partial charge in [0.25, 0.3) is 0 Å². The van der Waals surface area contributed by atoms with E-state index in [-0.39, 0.29) is 15.8 Å². The predicted octanol–water partition coefficient (Wildman–Crippen LogP) is 4.85. The fraction of sp³-hybridized carbons (Fsp3) is 0.188. The quantitative estimate of drug-likeness (QED) is 0.755. The van der Waals surface area contributed by atoms with Crippen molar-refractivity contribution >= 4 is 39.1 Å². The zero-order chi connectivity index (χ0) is 15.0. The molecule has 1 heterocycles. The molecule has 0 bridgehead atoms. The zero-order valence-corrected chi connectivity index (χ0v) is 13.3. The van der Waals surface area contributed by atoms with Gasteiger partial charge in [-0.15, -0.1) is 0 Å². The Morgan fingerprint density at radius 1 is 1.24 bits per heavy atom. The molecule has 0 saturated carbocycles. The summed E-state index contributed by atoms with van der Waals surface area (Å²) in [7, 11) is 0. The lowest BCUT2D eigenvalue weighted by Gasteiger charge is -2.20. The summed E-state index contributed by atoms with van der Waals surface area (Å²) in [6.07, 6.45) is 1.20. The molecule has 2 aromatic rings. The molecule has 0 fully saturated rings. The van der Waals surface area contributed by atoms with Gasteiger partial charge < -0.3 is 5.32 Å². The highest BCUT2D eigenvalue weighted by Gasteiger charge is 2.19. The minimum absolute atomic E-state index is 0.0406. The topological polar surface area (TPSA) is 29.1 Å². The first-order valence-electron chi connectivity index (χ1n) is 6.57. The predicted molar refractivity (Wildman–Crippen MR) is 85.6 cm³/mol. The van der Waals surface area contributed by atoms with Crippen LogP contribution >= 0.6 is 27.5 Å². The maximum Gasteiger partial charge on any atom is 0.224 e. The van der Waals surface area contributed by atoms with Crippen molar-refractivity contribution in [2.75, 3.05) is 5.32 Å². The van der Waals surface area contributed by atoms with Crippen molar-refractivity contribution in [3.05, 3.63) is 63.9 Å². The number of fused-ring (bicyclic) bond motifs is 1. The van der Waals surface area contributed by atoms with E-state index >= 15 is 0 Å². The third kappa shape index (κ3) is 2.83. The molecule has 0 spiro atoms. The van der Waals surface area contributed by atoms with E-state index in [0.29, 0.717) is 18.4 Å². The summed E-state index contributed by atoms with van der Waals surface area (Å²) in [6.45, 7) is 0. The molecule has 0 saturated heterocycles. The van der Waals surface area contributed by atoms with Gasteiger partial charge in [0, 0.05) is 12.1 Å². The van der Waals surface area contributed by atoms with Crippen LogP contribution in [-0.4, -0.2) is 5.91 Å². The van der Waals surface area contributed by atoms with Gasteiger partial charge in [-0.05, 0) is 35.2 Å². The van der Waals surface area contributed by atoms with Crippen molar-refractivity contribution in [3.63, 3.8) is 0 Å². The summed E-state index contributed by atoms with van der Waals surface area (Å²) < 4.78 is 13.6. The highest BCUT2D eigenvalue weighted by atomic mass is 79.9. The fourth-order valence-corrected chi connectivity index (χ4v) is 3.49. The van der Waals surface area contributed by atoms with Gasteiger partial charge >= 0.3 is 0 Å². The van der Waals surface area contributed by atoms with E-state index < -0.39 is 5.82 Å². The Morgan fingerprint density at radius 2 is 2.05 bits per heavy atom. The number of rotatable bonds is 2. The minimum atomic E-state index is -0.427. The summed E-state index contributed by atoms with van der Waals surface area (Å²) in [4.78, 5) is 11.2. The van der Waals surface area contributed by atoms with Crippen LogP contribution in [0.1, 0.15) is 27.9 Å². The lowest BCUT2D eigenvalue weighted by Crippen LogP contribution is -2.19. The van der Waals surface area contributed by atoms with Crippen molar-refractivity contribution in [3.8, 4) is 0 Å². The average Bonchev–Trinajstić information content (AvgIpc) is 2.49.